The van der Waals surface area contributed by atoms with Crippen LogP contribution >= 0.6 is 11.6 Å². The average Bonchev–Trinajstić information content (AvgIpc) is 2.61. The Morgan fingerprint density at radius 1 is 1.12 bits per heavy atom. The molecule has 0 unspecified atom stereocenters. The van der Waals surface area contributed by atoms with E-state index in [2.05, 4.69) is 13.0 Å². The molecule has 0 bridgehead atoms. The first-order chi connectivity index (χ1) is 12.4. The molecule has 0 heterocycles. The quantitative estimate of drug-likeness (QED) is 0.646. The molecule has 1 aliphatic rings. The highest BCUT2D eigenvalue weighted by atomic mass is 35.5. The first-order valence-corrected chi connectivity index (χ1v) is 9.31. The van der Waals surface area contributed by atoms with Crippen LogP contribution < -0.4 is 0 Å². The molecular weight excluding hydrogens is 348 g/mol. The minimum atomic E-state index is -0.992. The van der Waals surface area contributed by atoms with Crippen molar-refractivity contribution >= 4 is 23.6 Å². The van der Waals surface area contributed by atoms with Gasteiger partial charge in [-0.1, -0.05) is 56.0 Å². The van der Waals surface area contributed by atoms with Gasteiger partial charge in [0.25, 0.3) is 0 Å². The summed E-state index contributed by atoms with van der Waals surface area (Å²) in [5, 5.41) is 19.7. The highest BCUT2D eigenvalue weighted by Crippen LogP contribution is 2.44. The van der Waals surface area contributed by atoms with Crippen molar-refractivity contribution in [2.45, 2.75) is 44.4 Å². The normalized spacial score (nSPS) is 16.7. The molecule has 1 fully saturated rings. The van der Waals surface area contributed by atoms with Crippen molar-refractivity contribution in [2.75, 3.05) is 0 Å². The number of aromatic hydroxyl groups is 1. The molecule has 0 radical (unpaired) electrons. The van der Waals surface area contributed by atoms with Crippen LogP contribution in [0.15, 0.2) is 42.5 Å². The Labute approximate surface area is 158 Å². The van der Waals surface area contributed by atoms with Crippen LogP contribution in [0.25, 0.3) is 17.2 Å². The number of carboxylic acids is 1. The van der Waals surface area contributed by atoms with E-state index in [0.717, 1.165) is 41.2 Å². The summed E-state index contributed by atoms with van der Waals surface area (Å²) >= 11 is 6.45. The number of phenols is 1. The predicted molar refractivity (Wildman–Crippen MR) is 106 cm³/mol. The zero-order valence-electron chi connectivity index (χ0n) is 14.8. The number of aliphatic carboxylic acids is 1. The second-order valence-corrected chi connectivity index (χ2v) is 7.67. The molecule has 0 saturated heterocycles. The maximum atomic E-state index is 10.7. The lowest BCUT2D eigenvalue weighted by molar-refractivity contribution is -0.131. The van der Waals surface area contributed by atoms with Crippen molar-refractivity contribution in [3.05, 3.63) is 58.6 Å². The second kappa shape index (κ2) is 7.55. The number of benzene rings is 2. The molecule has 136 valence electrons. The van der Waals surface area contributed by atoms with Crippen molar-refractivity contribution < 1.29 is 15.0 Å². The molecule has 26 heavy (non-hydrogen) atoms. The number of hydrogen-bond donors (Lipinski definition) is 2. The number of phenolic OH excluding ortho intramolecular Hbond substituents is 1. The van der Waals surface area contributed by atoms with Crippen molar-refractivity contribution in [3.63, 3.8) is 0 Å². The Bertz CT molecular complexity index is 848. The van der Waals surface area contributed by atoms with E-state index in [4.69, 9.17) is 16.7 Å². The SMILES string of the molecule is CC1(c2cc(-c3ccc(/C=C/C(=O)O)cc3Cl)ccc2O)CCCCC1. The van der Waals surface area contributed by atoms with Crippen LogP contribution in [0.2, 0.25) is 5.02 Å². The van der Waals surface area contributed by atoms with Crippen molar-refractivity contribution in [1.82, 2.24) is 0 Å². The molecule has 0 atom stereocenters. The molecule has 2 N–H and O–H groups in total. The summed E-state index contributed by atoms with van der Waals surface area (Å²) in [7, 11) is 0. The summed E-state index contributed by atoms with van der Waals surface area (Å²) in [5.41, 5.74) is 3.55. The van der Waals surface area contributed by atoms with Gasteiger partial charge in [-0.3, -0.25) is 0 Å². The molecule has 3 rings (SSSR count). The van der Waals surface area contributed by atoms with Crippen LogP contribution in [0.5, 0.6) is 5.75 Å². The van der Waals surface area contributed by atoms with Gasteiger partial charge in [-0.15, -0.1) is 0 Å². The Hall–Kier alpha value is -2.26. The maximum absolute atomic E-state index is 10.7. The van der Waals surface area contributed by atoms with Gasteiger partial charge in [-0.2, -0.15) is 0 Å². The van der Waals surface area contributed by atoms with Crippen LogP contribution in [-0.2, 0) is 10.2 Å². The van der Waals surface area contributed by atoms with Gasteiger partial charge in [0.2, 0.25) is 0 Å². The average molecular weight is 371 g/mol. The third kappa shape index (κ3) is 3.94. The molecule has 3 nitrogen and oxygen atoms in total. The Morgan fingerprint density at radius 2 is 1.85 bits per heavy atom. The Balaban J connectivity index is 1.97. The van der Waals surface area contributed by atoms with Crippen LogP contribution in [0.1, 0.15) is 50.2 Å². The van der Waals surface area contributed by atoms with Crippen molar-refractivity contribution in [3.8, 4) is 16.9 Å². The van der Waals surface area contributed by atoms with E-state index in [1.807, 2.05) is 18.2 Å². The van der Waals surface area contributed by atoms with E-state index in [9.17, 15) is 9.90 Å². The third-order valence-electron chi connectivity index (χ3n) is 5.33. The lowest BCUT2D eigenvalue weighted by Crippen LogP contribution is -2.25. The third-order valence-corrected chi connectivity index (χ3v) is 5.64. The van der Waals surface area contributed by atoms with Gasteiger partial charge in [-0.25, -0.2) is 4.79 Å². The largest absolute Gasteiger partial charge is 0.508 e. The van der Waals surface area contributed by atoms with E-state index in [1.54, 1.807) is 12.1 Å². The molecule has 0 amide bonds. The van der Waals surface area contributed by atoms with Gasteiger partial charge in [0, 0.05) is 22.2 Å². The number of hydrogen-bond acceptors (Lipinski definition) is 2. The molecule has 1 saturated carbocycles. The highest BCUT2D eigenvalue weighted by Gasteiger charge is 2.31. The summed E-state index contributed by atoms with van der Waals surface area (Å²) in [6, 6.07) is 11.2. The monoisotopic (exact) mass is 370 g/mol. The van der Waals surface area contributed by atoms with E-state index < -0.39 is 5.97 Å². The van der Waals surface area contributed by atoms with Gasteiger partial charge in [0.1, 0.15) is 5.75 Å². The van der Waals surface area contributed by atoms with Crippen LogP contribution in [0.3, 0.4) is 0 Å². The molecule has 0 spiro atoms. The summed E-state index contributed by atoms with van der Waals surface area (Å²) < 4.78 is 0. The zero-order chi connectivity index (χ0) is 18.7. The maximum Gasteiger partial charge on any atom is 0.328 e. The molecule has 2 aromatic carbocycles. The fraction of sp³-hybridized carbons (Fsp3) is 0.318. The minimum absolute atomic E-state index is 0.00497. The number of rotatable bonds is 4. The molecule has 0 aromatic heterocycles. The lowest BCUT2D eigenvalue weighted by atomic mass is 9.70. The van der Waals surface area contributed by atoms with Gasteiger partial charge in [0.05, 0.1) is 0 Å². The fourth-order valence-corrected chi connectivity index (χ4v) is 4.12. The first-order valence-electron chi connectivity index (χ1n) is 8.93. The van der Waals surface area contributed by atoms with Crippen molar-refractivity contribution in [1.29, 1.82) is 0 Å². The molecule has 4 heteroatoms. The smallest absolute Gasteiger partial charge is 0.328 e. The summed E-state index contributed by atoms with van der Waals surface area (Å²) in [5.74, 6) is -0.649. The lowest BCUT2D eigenvalue weighted by Gasteiger charge is -2.35. The molecule has 1 aliphatic carbocycles. The second-order valence-electron chi connectivity index (χ2n) is 7.26. The van der Waals surface area contributed by atoms with E-state index in [1.165, 1.54) is 25.3 Å². The first kappa shape index (κ1) is 18.5. The predicted octanol–water partition coefficient (Wildman–Crippen LogP) is 6.03. The summed E-state index contributed by atoms with van der Waals surface area (Å²) in [4.78, 5) is 10.7. The number of halogens is 1. The Morgan fingerprint density at radius 3 is 2.50 bits per heavy atom. The van der Waals surface area contributed by atoms with Gasteiger partial charge in [0.15, 0.2) is 0 Å². The Kier molecular flexibility index (Phi) is 5.38. The molecular formula is C22H23ClO3. The number of carbonyl (C=O) groups is 1. The summed E-state index contributed by atoms with van der Waals surface area (Å²) in [6.45, 7) is 2.23. The van der Waals surface area contributed by atoms with Crippen LogP contribution in [0.4, 0.5) is 0 Å². The van der Waals surface area contributed by atoms with Crippen molar-refractivity contribution in [2.24, 2.45) is 0 Å². The highest BCUT2D eigenvalue weighted by molar-refractivity contribution is 6.33. The van der Waals surface area contributed by atoms with Crippen LogP contribution in [-0.4, -0.2) is 16.2 Å². The van der Waals surface area contributed by atoms with E-state index in [-0.39, 0.29) is 5.41 Å². The molecule has 0 aliphatic heterocycles. The standard InChI is InChI=1S/C22H23ClO3/c1-22(11-3-2-4-12-22)18-14-16(7-9-20(18)24)17-8-5-15(13-19(17)23)6-10-21(25)26/h5-10,13-14,24H,2-4,11-12H2,1H3,(H,25,26)/b10-6+. The van der Waals surface area contributed by atoms with Crippen LogP contribution in [0, 0.1) is 0 Å². The summed E-state index contributed by atoms with van der Waals surface area (Å²) in [6.07, 6.45) is 8.40. The molecule has 2 aromatic rings. The van der Waals surface area contributed by atoms with Gasteiger partial charge in [-0.05, 0) is 53.7 Å². The van der Waals surface area contributed by atoms with Gasteiger partial charge < -0.3 is 10.2 Å². The van der Waals surface area contributed by atoms with Gasteiger partial charge >= 0.3 is 5.97 Å². The zero-order valence-corrected chi connectivity index (χ0v) is 15.6. The van der Waals surface area contributed by atoms with E-state index >= 15 is 0 Å². The number of carboxylic acid groups (broad SMARTS) is 1. The van der Waals surface area contributed by atoms with E-state index in [0.29, 0.717) is 10.8 Å². The fourth-order valence-electron chi connectivity index (χ4n) is 3.83. The minimum Gasteiger partial charge on any atom is -0.508 e. The topological polar surface area (TPSA) is 57.5 Å².